The maximum atomic E-state index is 13.1. The minimum Gasteiger partial charge on any atom is -0.399 e. The number of anilines is 2. The molecule has 0 heterocycles. The molecule has 5 nitrogen and oxygen atoms in total. The van der Waals surface area contributed by atoms with Crippen LogP contribution in [0.2, 0.25) is 5.02 Å². The van der Waals surface area contributed by atoms with E-state index in [2.05, 4.69) is 4.72 Å². The Kier molecular flexibility index (Phi) is 4.02. The predicted octanol–water partition coefficient (Wildman–Crippen LogP) is 2.73. The molecule has 0 saturated carbocycles. The van der Waals surface area contributed by atoms with Gasteiger partial charge in [0.25, 0.3) is 10.0 Å². The molecule has 0 fully saturated rings. The second-order valence-corrected chi connectivity index (χ2v) is 6.16. The van der Waals surface area contributed by atoms with Crippen molar-refractivity contribution >= 4 is 33.0 Å². The summed E-state index contributed by atoms with van der Waals surface area (Å²) in [6.45, 7) is 0. The fraction of sp³-hybridized carbons (Fsp3) is 0. The van der Waals surface area contributed by atoms with Gasteiger partial charge >= 0.3 is 0 Å². The summed E-state index contributed by atoms with van der Waals surface area (Å²) in [6, 6.07) is 9.01. The number of nitrogens with zero attached hydrogens (tertiary/aromatic N) is 1. The SMILES string of the molecule is N#Cc1cc(N)ccc1S(=O)(=O)Nc1ccc(F)c(Cl)c1. The van der Waals surface area contributed by atoms with E-state index in [1.54, 1.807) is 6.07 Å². The molecule has 0 amide bonds. The summed E-state index contributed by atoms with van der Waals surface area (Å²) in [5, 5.41) is 8.77. The van der Waals surface area contributed by atoms with Crippen molar-refractivity contribution in [1.82, 2.24) is 0 Å². The summed E-state index contributed by atoms with van der Waals surface area (Å²) in [5.74, 6) is -0.662. The molecule has 0 radical (unpaired) electrons. The molecule has 21 heavy (non-hydrogen) atoms. The average Bonchev–Trinajstić information content (AvgIpc) is 2.42. The highest BCUT2D eigenvalue weighted by atomic mass is 35.5. The van der Waals surface area contributed by atoms with Crippen LogP contribution in [0.5, 0.6) is 0 Å². The van der Waals surface area contributed by atoms with Gasteiger partial charge in [0.1, 0.15) is 16.8 Å². The molecular formula is C13H9ClFN3O2S. The molecule has 108 valence electrons. The van der Waals surface area contributed by atoms with E-state index in [0.717, 1.165) is 12.1 Å². The fourth-order valence-corrected chi connectivity index (χ4v) is 3.01. The number of nitriles is 1. The molecule has 2 aromatic carbocycles. The van der Waals surface area contributed by atoms with Gasteiger partial charge in [-0.15, -0.1) is 0 Å². The number of hydrogen-bond donors (Lipinski definition) is 2. The third kappa shape index (κ3) is 3.24. The molecule has 0 bridgehead atoms. The third-order valence-corrected chi connectivity index (χ3v) is 4.31. The van der Waals surface area contributed by atoms with Crippen molar-refractivity contribution in [1.29, 1.82) is 5.26 Å². The Bertz CT molecular complexity index is 847. The number of rotatable bonds is 3. The summed E-state index contributed by atoms with van der Waals surface area (Å²) < 4.78 is 39.8. The molecular weight excluding hydrogens is 317 g/mol. The highest BCUT2D eigenvalue weighted by molar-refractivity contribution is 7.92. The van der Waals surface area contributed by atoms with Gasteiger partial charge in [-0.05, 0) is 36.4 Å². The Morgan fingerprint density at radius 3 is 2.57 bits per heavy atom. The standard InChI is InChI=1S/C13H9ClFN3O2S/c14-11-6-10(2-3-12(11)15)18-21(19,20)13-4-1-9(17)5-8(13)7-16/h1-6,18H,17H2. The molecule has 0 aliphatic heterocycles. The zero-order valence-electron chi connectivity index (χ0n) is 10.5. The smallest absolute Gasteiger partial charge is 0.263 e. The first-order chi connectivity index (χ1) is 9.83. The summed E-state index contributed by atoms with van der Waals surface area (Å²) in [4.78, 5) is -0.223. The first kappa shape index (κ1) is 15.1. The van der Waals surface area contributed by atoms with Crippen molar-refractivity contribution in [2.45, 2.75) is 4.90 Å². The lowest BCUT2D eigenvalue weighted by atomic mass is 10.2. The van der Waals surface area contributed by atoms with Crippen molar-refractivity contribution in [3.63, 3.8) is 0 Å². The fourth-order valence-electron chi connectivity index (χ4n) is 1.64. The molecule has 0 saturated heterocycles. The third-order valence-electron chi connectivity index (χ3n) is 2.59. The largest absolute Gasteiger partial charge is 0.399 e. The van der Waals surface area contributed by atoms with Gasteiger partial charge in [-0.2, -0.15) is 5.26 Å². The molecule has 3 N–H and O–H groups in total. The topological polar surface area (TPSA) is 96.0 Å². The first-order valence-corrected chi connectivity index (χ1v) is 7.47. The number of benzene rings is 2. The van der Waals surface area contributed by atoms with E-state index in [0.29, 0.717) is 0 Å². The van der Waals surface area contributed by atoms with Crippen molar-refractivity contribution in [3.05, 3.63) is 52.8 Å². The van der Waals surface area contributed by atoms with E-state index < -0.39 is 15.8 Å². The Hall–Kier alpha value is -2.30. The monoisotopic (exact) mass is 325 g/mol. The Morgan fingerprint density at radius 1 is 1.24 bits per heavy atom. The maximum absolute atomic E-state index is 13.1. The van der Waals surface area contributed by atoms with E-state index >= 15 is 0 Å². The molecule has 0 aliphatic carbocycles. The van der Waals surface area contributed by atoms with Gasteiger partial charge in [-0.25, -0.2) is 12.8 Å². The summed E-state index contributed by atoms with van der Waals surface area (Å²) >= 11 is 5.59. The van der Waals surface area contributed by atoms with E-state index in [-0.39, 0.29) is 26.9 Å². The second-order valence-electron chi connectivity index (χ2n) is 4.10. The maximum Gasteiger partial charge on any atom is 0.263 e. The van der Waals surface area contributed by atoms with Crippen LogP contribution >= 0.6 is 11.6 Å². The summed E-state index contributed by atoms with van der Waals surface area (Å²) in [6.07, 6.45) is 0. The second kappa shape index (κ2) is 5.60. The van der Waals surface area contributed by atoms with E-state index in [1.165, 1.54) is 24.3 Å². The normalized spacial score (nSPS) is 10.9. The Balaban J connectivity index is 2.43. The van der Waals surface area contributed by atoms with Gasteiger partial charge in [0, 0.05) is 5.69 Å². The minimum atomic E-state index is -4.01. The van der Waals surface area contributed by atoms with E-state index in [1.807, 2.05) is 0 Å². The number of nitrogens with two attached hydrogens (primary N) is 1. The average molecular weight is 326 g/mol. The highest BCUT2D eigenvalue weighted by Gasteiger charge is 2.19. The predicted molar refractivity (Wildman–Crippen MR) is 77.8 cm³/mol. The lowest BCUT2D eigenvalue weighted by molar-refractivity contribution is 0.600. The molecule has 8 heteroatoms. The first-order valence-electron chi connectivity index (χ1n) is 5.61. The van der Waals surface area contributed by atoms with Crippen LogP contribution in [0.4, 0.5) is 15.8 Å². The van der Waals surface area contributed by atoms with Gasteiger partial charge in [-0.1, -0.05) is 11.6 Å². The van der Waals surface area contributed by atoms with Crippen LogP contribution in [-0.2, 0) is 10.0 Å². The lowest BCUT2D eigenvalue weighted by Gasteiger charge is -2.10. The molecule has 0 spiro atoms. The zero-order valence-corrected chi connectivity index (χ0v) is 12.0. The van der Waals surface area contributed by atoms with Crippen LogP contribution < -0.4 is 10.5 Å². The van der Waals surface area contributed by atoms with E-state index in [9.17, 15) is 12.8 Å². The van der Waals surface area contributed by atoms with Crippen molar-refractivity contribution in [2.24, 2.45) is 0 Å². The van der Waals surface area contributed by atoms with Gasteiger partial charge in [0.15, 0.2) is 0 Å². The summed E-state index contributed by atoms with van der Waals surface area (Å²) in [7, 11) is -4.01. The molecule has 0 atom stereocenters. The quantitative estimate of drug-likeness (QED) is 0.848. The van der Waals surface area contributed by atoms with E-state index in [4.69, 9.17) is 22.6 Å². The molecule has 0 aromatic heterocycles. The van der Waals surface area contributed by atoms with Crippen molar-refractivity contribution in [2.75, 3.05) is 10.5 Å². The number of hydrogen-bond acceptors (Lipinski definition) is 4. The summed E-state index contributed by atoms with van der Waals surface area (Å²) in [5.41, 5.74) is 5.78. The van der Waals surface area contributed by atoms with Crippen LogP contribution in [0.15, 0.2) is 41.3 Å². The van der Waals surface area contributed by atoms with Crippen LogP contribution in [0.3, 0.4) is 0 Å². The highest BCUT2D eigenvalue weighted by Crippen LogP contribution is 2.24. The number of nitrogen functional groups attached to an aromatic ring is 1. The van der Waals surface area contributed by atoms with Crippen molar-refractivity contribution in [3.8, 4) is 6.07 Å². The van der Waals surface area contributed by atoms with Crippen LogP contribution in [0.25, 0.3) is 0 Å². The van der Waals surface area contributed by atoms with Gasteiger partial charge in [0.05, 0.1) is 16.3 Å². The lowest BCUT2D eigenvalue weighted by Crippen LogP contribution is -2.14. The van der Waals surface area contributed by atoms with Gasteiger partial charge in [-0.3, -0.25) is 4.72 Å². The minimum absolute atomic E-state index is 0.0853. The molecule has 0 unspecified atom stereocenters. The zero-order chi connectivity index (χ0) is 15.6. The number of sulfonamides is 1. The molecule has 2 rings (SSSR count). The molecule has 0 aliphatic rings. The molecule has 2 aromatic rings. The number of halogens is 2. The van der Waals surface area contributed by atoms with Crippen molar-refractivity contribution < 1.29 is 12.8 Å². The van der Waals surface area contributed by atoms with Crippen LogP contribution in [-0.4, -0.2) is 8.42 Å². The van der Waals surface area contributed by atoms with Crippen LogP contribution in [0.1, 0.15) is 5.56 Å². The Morgan fingerprint density at radius 2 is 1.95 bits per heavy atom. The van der Waals surface area contributed by atoms with Gasteiger partial charge < -0.3 is 5.73 Å². The van der Waals surface area contributed by atoms with Crippen LogP contribution in [0, 0.1) is 17.1 Å². The number of nitrogens with one attached hydrogen (secondary N) is 1. The van der Waals surface area contributed by atoms with Gasteiger partial charge in [0.2, 0.25) is 0 Å². The Labute approximate surface area is 125 Å².